The van der Waals surface area contributed by atoms with E-state index in [-0.39, 0.29) is 0 Å². The van der Waals surface area contributed by atoms with Crippen LogP contribution in [0.25, 0.3) is 0 Å². The largest absolute Gasteiger partial charge is 0.379 e. The molecule has 1 N–H and O–H groups in total. The first kappa shape index (κ1) is 11.9. The second-order valence-corrected chi connectivity index (χ2v) is 5.64. The molecule has 0 bridgehead atoms. The van der Waals surface area contributed by atoms with Crippen molar-refractivity contribution in [2.75, 3.05) is 52.5 Å². The van der Waals surface area contributed by atoms with Gasteiger partial charge in [-0.2, -0.15) is 0 Å². The highest BCUT2D eigenvalue weighted by atomic mass is 16.5. The fourth-order valence-electron chi connectivity index (χ4n) is 3.44. The minimum absolute atomic E-state index is 0.762. The van der Waals surface area contributed by atoms with Gasteiger partial charge in [0.05, 0.1) is 13.2 Å². The summed E-state index contributed by atoms with van der Waals surface area (Å²) >= 11 is 0. The van der Waals surface area contributed by atoms with E-state index < -0.39 is 0 Å². The van der Waals surface area contributed by atoms with Crippen molar-refractivity contribution in [3.8, 4) is 0 Å². The molecule has 0 aliphatic carbocycles. The quantitative estimate of drug-likeness (QED) is 0.758. The highest BCUT2D eigenvalue weighted by molar-refractivity contribution is 4.87. The van der Waals surface area contributed by atoms with E-state index in [0.717, 1.165) is 38.4 Å². The predicted octanol–water partition coefficient (Wildman–Crippen LogP) is 0.145. The second kappa shape index (κ2) is 5.65. The van der Waals surface area contributed by atoms with E-state index in [2.05, 4.69) is 15.1 Å². The Hall–Kier alpha value is -0.160. The second-order valence-electron chi connectivity index (χ2n) is 5.64. The van der Waals surface area contributed by atoms with Gasteiger partial charge in [0.25, 0.3) is 0 Å². The zero-order chi connectivity index (χ0) is 11.5. The summed E-state index contributed by atoms with van der Waals surface area (Å²) in [6.45, 7) is 9.20. The molecule has 3 aliphatic rings. The number of likely N-dealkylation sites (tertiary alicyclic amines) is 1. The van der Waals surface area contributed by atoms with E-state index >= 15 is 0 Å². The van der Waals surface area contributed by atoms with E-state index in [9.17, 15) is 0 Å². The molecule has 3 fully saturated rings. The van der Waals surface area contributed by atoms with Gasteiger partial charge in [-0.05, 0) is 32.4 Å². The Morgan fingerprint density at radius 2 is 2.00 bits per heavy atom. The van der Waals surface area contributed by atoms with Crippen LogP contribution in [0, 0.1) is 0 Å². The van der Waals surface area contributed by atoms with Crippen molar-refractivity contribution in [1.29, 1.82) is 0 Å². The van der Waals surface area contributed by atoms with Crippen molar-refractivity contribution in [3.05, 3.63) is 0 Å². The van der Waals surface area contributed by atoms with Gasteiger partial charge in [0, 0.05) is 38.3 Å². The molecule has 0 radical (unpaired) electrons. The van der Waals surface area contributed by atoms with Crippen LogP contribution in [-0.2, 0) is 4.74 Å². The molecule has 3 aliphatic heterocycles. The van der Waals surface area contributed by atoms with Gasteiger partial charge >= 0.3 is 0 Å². The number of hydrogen-bond donors (Lipinski definition) is 1. The lowest BCUT2D eigenvalue weighted by molar-refractivity contribution is 0.0184. The smallest absolute Gasteiger partial charge is 0.0594 e. The maximum atomic E-state index is 5.43. The summed E-state index contributed by atoms with van der Waals surface area (Å²) in [6, 6.07) is 1.55. The fraction of sp³-hybridized carbons (Fsp3) is 1.00. The molecule has 0 aromatic rings. The van der Waals surface area contributed by atoms with E-state index in [1.54, 1.807) is 0 Å². The van der Waals surface area contributed by atoms with Crippen LogP contribution in [0.2, 0.25) is 0 Å². The van der Waals surface area contributed by atoms with E-state index in [0.29, 0.717) is 0 Å². The van der Waals surface area contributed by atoms with Gasteiger partial charge in [0.2, 0.25) is 0 Å². The first-order chi connectivity index (χ1) is 8.42. The van der Waals surface area contributed by atoms with Crippen molar-refractivity contribution < 1.29 is 4.74 Å². The maximum absolute atomic E-state index is 5.43. The summed E-state index contributed by atoms with van der Waals surface area (Å²) in [5.41, 5.74) is 0. The topological polar surface area (TPSA) is 27.7 Å². The van der Waals surface area contributed by atoms with Crippen LogP contribution in [0.5, 0.6) is 0 Å². The summed E-state index contributed by atoms with van der Waals surface area (Å²) in [7, 11) is 0. The molecular weight excluding hydrogens is 214 g/mol. The molecule has 1 unspecified atom stereocenters. The standard InChI is InChI=1S/C13H25N3O/c1-2-12(14-4-1)10-15-5-3-13(11-15)16-6-8-17-9-7-16/h12-14H,1-11H2/t12-,13?/m0/s1. The van der Waals surface area contributed by atoms with Gasteiger partial charge in [-0.15, -0.1) is 0 Å². The first-order valence-electron chi connectivity index (χ1n) is 7.19. The Balaban J connectivity index is 1.44. The zero-order valence-electron chi connectivity index (χ0n) is 10.7. The van der Waals surface area contributed by atoms with Gasteiger partial charge in [-0.3, -0.25) is 4.90 Å². The van der Waals surface area contributed by atoms with Crippen LogP contribution < -0.4 is 5.32 Å². The highest BCUT2D eigenvalue weighted by Crippen LogP contribution is 2.18. The Morgan fingerprint density at radius 1 is 1.12 bits per heavy atom. The van der Waals surface area contributed by atoms with Gasteiger partial charge in [-0.1, -0.05) is 0 Å². The minimum Gasteiger partial charge on any atom is -0.379 e. The van der Waals surface area contributed by atoms with Gasteiger partial charge in [0.1, 0.15) is 0 Å². The maximum Gasteiger partial charge on any atom is 0.0594 e. The predicted molar refractivity (Wildman–Crippen MR) is 68.3 cm³/mol. The van der Waals surface area contributed by atoms with E-state index in [1.807, 2.05) is 0 Å². The van der Waals surface area contributed by atoms with Crippen LogP contribution in [-0.4, -0.2) is 74.4 Å². The van der Waals surface area contributed by atoms with E-state index in [4.69, 9.17) is 4.74 Å². The third-order valence-corrected chi connectivity index (χ3v) is 4.45. The third-order valence-electron chi connectivity index (χ3n) is 4.45. The molecule has 0 aromatic carbocycles. The third kappa shape index (κ3) is 2.99. The number of ether oxygens (including phenoxy) is 1. The van der Waals surface area contributed by atoms with Crippen molar-refractivity contribution in [2.45, 2.75) is 31.3 Å². The SMILES string of the molecule is C1CN[C@H](CN2CCC(N3CCOCC3)C2)C1. The monoisotopic (exact) mass is 239 g/mol. The van der Waals surface area contributed by atoms with Crippen molar-refractivity contribution in [1.82, 2.24) is 15.1 Å². The summed E-state index contributed by atoms with van der Waals surface area (Å²) < 4.78 is 5.43. The van der Waals surface area contributed by atoms with Crippen molar-refractivity contribution in [3.63, 3.8) is 0 Å². The van der Waals surface area contributed by atoms with Crippen LogP contribution in [0.1, 0.15) is 19.3 Å². The van der Waals surface area contributed by atoms with Crippen LogP contribution >= 0.6 is 0 Å². The highest BCUT2D eigenvalue weighted by Gasteiger charge is 2.30. The molecule has 3 saturated heterocycles. The van der Waals surface area contributed by atoms with Crippen LogP contribution in [0.15, 0.2) is 0 Å². The van der Waals surface area contributed by atoms with Gasteiger partial charge in [-0.25, -0.2) is 0 Å². The lowest BCUT2D eigenvalue weighted by Crippen LogP contribution is -2.45. The number of hydrogen-bond acceptors (Lipinski definition) is 4. The number of morpholine rings is 1. The lowest BCUT2D eigenvalue weighted by Gasteiger charge is -2.32. The summed E-state index contributed by atoms with van der Waals surface area (Å²) in [4.78, 5) is 5.29. The average Bonchev–Trinajstić information content (AvgIpc) is 3.02. The summed E-state index contributed by atoms with van der Waals surface area (Å²) in [5, 5.41) is 3.60. The van der Waals surface area contributed by atoms with Gasteiger partial charge in [0.15, 0.2) is 0 Å². The molecule has 17 heavy (non-hydrogen) atoms. The Morgan fingerprint density at radius 3 is 2.76 bits per heavy atom. The molecule has 3 heterocycles. The molecule has 3 rings (SSSR count). The Kier molecular flexibility index (Phi) is 3.96. The van der Waals surface area contributed by atoms with E-state index in [1.165, 1.54) is 45.4 Å². The molecule has 4 nitrogen and oxygen atoms in total. The zero-order valence-corrected chi connectivity index (χ0v) is 10.7. The molecule has 4 heteroatoms. The molecule has 0 amide bonds. The normalized spacial score (nSPS) is 36.7. The number of nitrogens with one attached hydrogen (secondary N) is 1. The minimum atomic E-state index is 0.762. The molecule has 2 atom stereocenters. The summed E-state index contributed by atoms with van der Waals surface area (Å²) in [6.07, 6.45) is 4.09. The average molecular weight is 239 g/mol. The van der Waals surface area contributed by atoms with Crippen molar-refractivity contribution >= 4 is 0 Å². The molecular formula is C13H25N3O. The number of rotatable bonds is 3. The van der Waals surface area contributed by atoms with Gasteiger partial charge < -0.3 is 15.0 Å². The lowest BCUT2D eigenvalue weighted by atomic mass is 10.2. The molecule has 0 spiro atoms. The fourth-order valence-corrected chi connectivity index (χ4v) is 3.44. The Bertz CT molecular complexity index is 237. The molecule has 0 aromatic heterocycles. The van der Waals surface area contributed by atoms with Crippen molar-refractivity contribution in [2.24, 2.45) is 0 Å². The number of nitrogens with zero attached hydrogens (tertiary/aromatic N) is 2. The van der Waals surface area contributed by atoms with Crippen LogP contribution in [0.4, 0.5) is 0 Å². The van der Waals surface area contributed by atoms with Crippen LogP contribution in [0.3, 0.4) is 0 Å². The Labute approximate surface area is 104 Å². The molecule has 0 saturated carbocycles. The first-order valence-corrected chi connectivity index (χ1v) is 7.19. The molecule has 98 valence electrons. The summed E-state index contributed by atoms with van der Waals surface area (Å²) in [5.74, 6) is 0.